The first kappa shape index (κ1) is 21.1. The van der Waals surface area contributed by atoms with Crippen molar-refractivity contribution in [3.8, 4) is 0 Å². The van der Waals surface area contributed by atoms with Crippen LogP contribution in [0.1, 0.15) is 44.1 Å². The average molecular weight is 406 g/mol. The van der Waals surface area contributed by atoms with Crippen molar-refractivity contribution in [1.29, 1.82) is 0 Å². The van der Waals surface area contributed by atoms with Crippen molar-refractivity contribution in [3.63, 3.8) is 0 Å². The molecular weight excluding hydrogens is 374 g/mol. The molecule has 0 bridgehead atoms. The second kappa shape index (κ2) is 9.75. The van der Waals surface area contributed by atoms with Crippen LogP contribution in [-0.4, -0.2) is 49.4 Å². The molecule has 154 valence electrons. The quantitative estimate of drug-likeness (QED) is 0.837. The van der Waals surface area contributed by atoms with E-state index in [1.165, 1.54) is 18.4 Å². The van der Waals surface area contributed by atoms with Gasteiger partial charge in [0.15, 0.2) is 0 Å². The lowest BCUT2D eigenvalue weighted by Gasteiger charge is -2.34. The monoisotopic (exact) mass is 405 g/mol. The molecule has 1 aromatic rings. The zero-order valence-corrected chi connectivity index (χ0v) is 17.4. The Morgan fingerprint density at radius 3 is 2.46 bits per heavy atom. The summed E-state index contributed by atoms with van der Waals surface area (Å²) in [4.78, 5) is 29.5. The van der Waals surface area contributed by atoms with Gasteiger partial charge in [-0.15, -0.1) is 12.4 Å². The summed E-state index contributed by atoms with van der Waals surface area (Å²) < 4.78 is 0. The van der Waals surface area contributed by atoms with Crippen LogP contribution in [0, 0.1) is 11.8 Å². The van der Waals surface area contributed by atoms with Crippen LogP contribution in [0.25, 0.3) is 0 Å². The molecule has 2 amide bonds. The van der Waals surface area contributed by atoms with Crippen molar-refractivity contribution in [3.05, 3.63) is 29.8 Å². The Labute approximate surface area is 174 Å². The maximum atomic E-state index is 13.0. The maximum absolute atomic E-state index is 13.0. The Balaban J connectivity index is 0.00000225. The number of benzene rings is 1. The van der Waals surface area contributed by atoms with Gasteiger partial charge in [0.1, 0.15) is 0 Å². The lowest BCUT2D eigenvalue weighted by atomic mass is 9.92. The Kier molecular flexibility index (Phi) is 7.36. The summed E-state index contributed by atoms with van der Waals surface area (Å²) >= 11 is 0. The van der Waals surface area contributed by atoms with Crippen molar-refractivity contribution in [2.75, 3.05) is 37.6 Å². The van der Waals surface area contributed by atoms with Gasteiger partial charge in [-0.1, -0.05) is 18.2 Å². The zero-order chi connectivity index (χ0) is 18.6. The molecule has 2 fully saturated rings. The highest BCUT2D eigenvalue weighted by Gasteiger charge is 2.33. The van der Waals surface area contributed by atoms with E-state index in [9.17, 15) is 9.59 Å². The van der Waals surface area contributed by atoms with Gasteiger partial charge in [0.05, 0.1) is 0 Å². The molecule has 6 heteroatoms. The number of carbonyl (C=O) groups is 2. The third kappa shape index (κ3) is 4.69. The molecule has 2 saturated heterocycles. The molecule has 3 aliphatic rings. The molecular formula is C22H32ClN3O2. The molecule has 1 aromatic carbocycles. The van der Waals surface area contributed by atoms with E-state index in [1.54, 1.807) is 0 Å². The molecule has 5 nitrogen and oxygen atoms in total. The van der Waals surface area contributed by atoms with Crippen LogP contribution in [0.2, 0.25) is 0 Å². The van der Waals surface area contributed by atoms with Crippen LogP contribution in [0.4, 0.5) is 5.69 Å². The van der Waals surface area contributed by atoms with Crippen molar-refractivity contribution >= 4 is 29.9 Å². The lowest BCUT2D eigenvalue weighted by Crippen LogP contribution is -2.44. The summed E-state index contributed by atoms with van der Waals surface area (Å²) in [7, 11) is 0. The number of anilines is 1. The number of amides is 2. The van der Waals surface area contributed by atoms with Crippen LogP contribution in [-0.2, 0) is 16.0 Å². The van der Waals surface area contributed by atoms with Crippen molar-refractivity contribution in [1.82, 2.24) is 10.2 Å². The minimum absolute atomic E-state index is 0. The molecule has 0 radical (unpaired) electrons. The molecule has 0 aromatic heterocycles. The van der Waals surface area contributed by atoms with Gasteiger partial charge in [0.25, 0.3) is 0 Å². The van der Waals surface area contributed by atoms with Crippen LogP contribution < -0.4 is 10.2 Å². The van der Waals surface area contributed by atoms with Gasteiger partial charge in [-0.05, 0) is 69.2 Å². The number of piperidine rings is 2. The van der Waals surface area contributed by atoms with Gasteiger partial charge in [-0.25, -0.2) is 0 Å². The Bertz CT molecular complexity index is 682. The topological polar surface area (TPSA) is 52.7 Å². The number of nitrogens with one attached hydrogen (secondary N) is 1. The van der Waals surface area contributed by atoms with Crippen LogP contribution >= 0.6 is 12.4 Å². The first-order valence-electron chi connectivity index (χ1n) is 10.6. The Morgan fingerprint density at radius 2 is 1.71 bits per heavy atom. The SMILES string of the molecule is Cl.O=C(CCC1CCNCC1)N1CCC(C(=O)N2CCc3ccccc32)CC1. The summed E-state index contributed by atoms with van der Waals surface area (Å²) in [6, 6.07) is 8.22. The smallest absolute Gasteiger partial charge is 0.230 e. The average Bonchev–Trinajstić information content (AvgIpc) is 3.16. The van der Waals surface area contributed by atoms with E-state index in [-0.39, 0.29) is 30.1 Å². The van der Waals surface area contributed by atoms with Gasteiger partial charge in [-0.3, -0.25) is 9.59 Å². The number of halogens is 1. The third-order valence-corrected chi connectivity index (χ3v) is 6.58. The van der Waals surface area contributed by atoms with E-state index in [2.05, 4.69) is 17.4 Å². The van der Waals surface area contributed by atoms with Crippen LogP contribution in [0.5, 0.6) is 0 Å². The second-order valence-electron chi connectivity index (χ2n) is 8.26. The highest BCUT2D eigenvalue weighted by molar-refractivity contribution is 5.97. The van der Waals surface area contributed by atoms with Gasteiger partial charge in [0.2, 0.25) is 11.8 Å². The minimum Gasteiger partial charge on any atom is -0.343 e. The first-order valence-corrected chi connectivity index (χ1v) is 10.6. The molecule has 4 rings (SSSR count). The summed E-state index contributed by atoms with van der Waals surface area (Å²) in [5.74, 6) is 1.29. The molecule has 3 heterocycles. The number of rotatable bonds is 4. The summed E-state index contributed by atoms with van der Waals surface area (Å²) in [6.45, 7) is 4.44. The largest absolute Gasteiger partial charge is 0.343 e. The predicted octanol–water partition coefficient (Wildman–Crippen LogP) is 3.02. The maximum Gasteiger partial charge on any atom is 0.230 e. The molecule has 3 aliphatic heterocycles. The first-order chi connectivity index (χ1) is 13.2. The van der Waals surface area contributed by atoms with Gasteiger partial charge in [0, 0.05) is 37.7 Å². The normalized spacial score (nSPS) is 20.6. The number of likely N-dealkylation sites (tertiary alicyclic amines) is 1. The molecule has 0 atom stereocenters. The molecule has 0 saturated carbocycles. The van der Waals surface area contributed by atoms with E-state index >= 15 is 0 Å². The molecule has 0 spiro atoms. The lowest BCUT2D eigenvalue weighted by molar-refractivity contribution is -0.135. The van der Waals surface area contributed by atoms with E-state index < -0.39 is 0 Å². The van der Waals surface area contributed by atoms with E-state index in [0.29, 0.717) is 12.3 Å². The number of carbonyl (C=O) groups excluding carboxylic acids is 2. The Hall–Kier alpha value is -1.59. The van der Waals surface area contributed by atoms with Crippen LogP contribution in [0.15, 0.2) is 24.3 Å². The summed E-state index contributed by atoms with van der Waals surface area (Å²) in [5, 5.41) is 3.38. The minimum atomic E-state index is 0. The number of hydrogen-bond donors (Lipinski definition) is 1. The van der Waals surface area contributed by atoms with Crippen LogP contribution in [0.3, 0.4) is 0 Å². The van der Waals surface area contributed by atoms with Gasteiger partial charge < -0.3 is 15.1 Å². The Morgan fingerprint density at radius 1 is 1.00 bits per heavy atom. The summed E-state index contributed by atoms with van der Waals surface area (Å²) in [6.07, 6.45) is 6.64. The highest BCUT2D eigenvalue weighted by atomic mass is 35.5. The van der Waals surface area contributed by atoms with E-state index in [4.69, 9.17) is 0 Å². The van der Waals surface area contributed by atoms with Gasteiger partial charge >= 0.3 is 0 Å². The summed E-state index contributed by atoms with van der Waals surface area (Å²) in [5.41, 5.74) is 2.36. The number of nitrogens with zero attached hydrogens (tertiary/aromatic N) is 2. The van der Waals surface area contributed by atoms with E-state index in [1.807, 2.05) is 21.9 Å². The predicted molar refractivity (Wildman–Crippen MR) is 114 cm³/mol. The second-order valence-corrected chi connectivity index (χ2v) is 8.26. The third-order valence-electron chi connectivity index (χ3n) is 6.58. The number of para-hydroxylation sites is 1. The molecule has 0 aliphatic carbocycles. The van der Waals surface area contributed by atoms with Crippen molar-refractivity contribution in [2.24, 2.45) is 11.8 Å². The zero-order valence-electron chi connectivity index (χ0n) is 16.6. The molecule has 0 unspecified atom stereocenters. The van der Waals surface area contributed by atoms with Gasteiger partial charge in [-0.2, -0.15) is 0 Å². The number of fused-ring (bicyclic) bond motifs is 1. The fourth-order valence-electron chi connectivity index (χ4n) is 4.82. The number of hydrogen-bond acceptors (Lipinski definition) is 3. The molecule has 1 N–H and O–H groups in total. The van der Waals surface area contributed by atoms with Crippen molar-refractivity contribution < 1.29 is 9.59 Å². The standard InChI is InChI=1S/C22H31N3O2.ClH/c26-21(6-5-17-7-12-23-13-8-17)24-14-9-19(10-15-24)22(27)25-16-11-18-3-1-2-4-20(18)25;/h1-4,17,19,23H,5-16H2;1H. The van der Waals surface area contributed by atoms with Crippen molar-refractivity contribution in [2.45, 2.75) is 44.9 Å². The molecule has 28 heavy (non-hydrogen) atoms. The fourth-order valence-corrected chi connectivity index (χ4v) is 4.82. The van der Waals surface area contributed by atoms with E-state index in [0.717, 1.165) is 64.1 Å². The highest BCUT2D eigenvalue weighted by Crippen LogP contribution is 2.31. The fraction of sp³-hybridized carbons (Fsp3) is 0.636.